The van der Waals surface area contributed by atoms with E-state index in [4.69, 9.17) is 11.0 Å². The van der Waals surface area contributed by atoms with Gasteiger partial charge in [0.25, 0.3) is 0 Å². The van der Waals surface area contributed by atoms with Crippen LogP contribution in [0.1, 0.15) is 48.4 Å². The van der Waals surface area contributed by atoms with Crippen LogP contribution in [0.5, 0.6) is 0 Å². The summed E-state index contributed by atoms with van der Waals surface area (Å²) in [6.07, 6.45) is 0. The molecule has 0 radical (unpaired) electrons. The van der Waals surface area contributed by atoms with Crippen LogP contribution < -0.4 is 4.90 Å². The predicted molar refractivity (Wildman–Crippen MR) is 223 cm³/mol. The van der Waals surface area contributed by atoms with E-state index in [2.05, 4.69) is 124 Å². The number of hydrogen-bond donors (Lipinski definition) is 0. The molecule has 0 unspecified atom stereocenters. The van der Waals surface area contributed by atoms with Gasteiger partial charge in [-0.15, -0.1) is 0 Å². The number of nitrogens with zero attached hydrogens (tertiary/aromatic N) is 2. The Morgan fingerprint density at radius 2 is 1.04 bits per heavy atom. The molecule has 0 atom stereocenters. The molecule has 52 heavy (non-hydrogen) atoms. The Hall–Kier alpha value is -6.12. The normalized spacial score (nSPS) is 14.5. The molecule has 2 heteroatoms. The lowest BCUT2D eigenvalue weighted by Gasteiger charge is -2.31. The molecule has 1 aromatic heterocycles. The lowest BCUT2D eigenvalue weighted by molar-refractivity contribution is 0.590. The fourth-order valence-electron chi connectivity index (χ4n) is 8.03. The molecule has 0 saturated heterocycles. The Morgan fingerprint density at radius 1 is 0.519 bits per heavy atom. The van der Waals surface area contributed by atoms with Crippen molar-refractivity contribution in [1.82, 2.24) is 4.57 Å². The van der Waals surface area contributed by atoms with Crippen LogP contribution in [0, 0.1) is 13.8 Å². The first kappa shape index (κ1) is 23.4. The molecule has 0 bridgehead atoms. The highest BCUT2D eigenvalue weighted by Gasteiger charge is 2.25. The number of benzene rings is 8. The molecule has 0 spiro atoms. The van der Waals surface area contributed by atoms with E-state index in [1.807, 2.05) is 18.2 Å². The zero-order valence-corrected chi connectivity index (χ0v) is 29.7. The maximum atomic E-state index is 8.92. The van der Waals surface area contributed by atoms with Gasteiger partial charge in [0.1, 0.15) is 0 Å². The van der Waals surface area contributed by atoms with Gasteiger partial charge < -0.3 is 9.47 Å². The Kier molecular flexibility index (Phi) is 5.03. The SMILES string of the molecule is [2H]c1c([2H])c([2H])c2c(c1[2H])c1c([2H])c([2H])c([2H])c([2H])c1n2-c1ccc2cc3c(cc2c1)-c1cc2ccc(N(c4cccc(C(C)(C)C)c4)c4c(C)cccc4C)cc2cc1-3. The molecule has 2 nitrogen and oxygen atoms in total. The van der Waals surface area contributed by atoms with Gasteiger partial charge in [-0.1, -0.05) is 99.5 Å². The van der Waals surface area contributed by atoms with Crippen molar-refractivity contribution in [3.8, 4) is 27.9 Å². The number of para-hydroxylation sites is 3. The average Bonchev–Trinajstić information content (AvgIpc) is 3.59. The van der Waals surface area contributed by atoms with Crippen LogP contribution >= 0.6 is 0 Å². The van der Waals surface area contributed by atoms with Crippen molar-refractivity contribution in [2.75, 3.05) is 4.90 Å². The molecule has 1 aliphatic rings. The molecule has 0 amide bonds. The van der Waals surface area contributed by atoms with Crippen LogP contribution in [0.25, 0.3) is 71.3 Å². The minimum Gasteiger partial charge on any atom is -0.310 e. The van der Waals surface area contributed by atoms with E-state index in [1.165, 1.54) is 27.9 Å². The first-order valence-corrected chi connectivity index (χ1v) is 17.7. The van der Waals surface area contributed by atoms with Crippen LogP contribution in [-0.4, -0.2) is 4.57 Å². The highest BCUT2D eigenvalue weighted by Crippen LogP contribution is 2.51. The monoisotopic (exact) mass is 676 g/mol. The molecule has 0 fully saturated rings. The van der Waals surface area contributed by atoms with Crippen molar-refractivity contribution in [3.05, 3.63) is 168 Å². The molecular weight excluding hydrogens is 629 g/mol. The minimum absolute atomic E-state index is 0.00769. The van der Waals surface area contributed by atoms with Gasteiger partial charge >= 0.3 is 0 Å². The maximum Gasteiger partial charge on any atom is 0.0645 e. The molecule has 10 rings (SSSR count). The van der Waals surface area contributed by atoms with Gasteiger partial charge in [0.15, 0.2) is 0 Å². The summed E-state index contributed by atoms with van der Waals surface area (Å²) < 4.78 is 70.7. The first-order valence-electron chi connectivity index (χ1n) is 21.7. The second kappa shape index (κ2) is 11.2. The topological polar surface area (TPSA) is 8.17 Å². The molecule has 8 aromatic carbocycles. The summed E-state index contributed by atoms with van der Waals surface area (Å²) in [6, 6.07) is 33.5. The average molecular weight is 677 g/mol. The van der Waals surface area contributed by atoms with E-state index in [-0.39, 0.29) is 51.4 Å². The van der Waals surface area contributed by atoms with Gasteiger partial charge in [-0.3, -0.25) is 0 Å². The zero-order chi connectivity index (χ0) is 42.3. The molecule has 0 aliphatic heterocycles. The van der Waals surface area contributed by atoms with Gasteiger partial charge in [0.2, 0.25) is 0 Å². The molecule has 1 heterocycles. The van der Waals surface area contributed by atoms with Crippen molar-refractivity contribution in [3.63, 3.8) is 0 Å². The summed E-state index contributed by atoms with van der Waals surface area (Å²) in [6.45, 7) is 11.1. The summed E-state index contributed by atoms with van der Waals surface area (Å²) in [5, 5.41) is 4.26. The van der Waals surface area contributed by atoms with E-state index in [0.717, 1.165) is 49.6 Å². The van der Waals surface area contributed by atoms with Gasteiger partial charge in [-0.05, 0) is 153 Å². The first-order chi connectivity index (χ1) is 28.5. The minimum atomic E-state index is -0.455. The lowest BCUT2D eigenvalue weighted by Crippen LogP contribution is -2.16. The Bertz CT molecular complexity index is 3280. The third-order valence-corrected chi connectivity index (χ3v) is 10.7. The Morgan fingerprint density at radius 3 is 1.65 bits per heavy atom. The van der Waals surface area contributed by atoms with Gasteiger partial charge in [-0.2, -0.15) is 0 Å². The van der Waals surface area contributed by atoms with E-state index in [1.54, 1.807) is 4.57 Å². The molecule has 0 saturated carbocycles. The second-order valence-corrected chi connectivity index (χ2v) is 15.0. The second-order valence-electron chi connectivity index (χ2n) is 15.0. The summed E-state index contributed by atoms with van der Waals surface area (Å²) in [4.78, 5) is 2.38. The number of rotatable bonds is 4. The largest absolute Gasteiger partial charge is 0.310 e. The number of anilines is 3. The van der Waals surface area contributed by atoms with Crippen molar-refractivity contribution in [1.29, 1.82) is 0 Å². The van der Waals surface area contributed by atoms with Crippen LogP contribution in [0.2, 0.25) is 0 Å². The van der Waals surface area contributed by atoms with Crippen LogP contribution in [0.4, 0.5) is 17.1 Å². The number of fused-ring (bicyclic) bond motifs is 9. The van der Waals surface area contributed by atoms with Crippen molar-refractivity contribution in [2.45, 2.75) is 40.0 Å². The maximum absolute atomic E-state index is 8.92. The third-order valence-electron chi connectivity index (χ3n) is 10.7. The molecule has 9 aromatic rings. The van der Waals surface area contributed by atoms with E-state index in [0.29, 0.717) is 5.69 Å². The summed E-state index contributed by atoms with van der Waals surface area (Å²) >= 11 is 0. The third kappa shape index (κ3) is 4.64. The van der Waals surface area contributed by atoms with Gasteiger partial charge in [0, 0.05) is 27.8 Å². The number of aromatic nitrogens is 1. The molecule has 1 aliphatic carbocycles. The standard InChI is InChI=1S/C50H40N2/c1-31-12-10-13-32(2)49(31)51(38-15-11-14-37(30-38)50(3,4)5)39-22-20-33-26-43-45(28-35(33)24-39)44-27-34-21-23-40(25-36(34)29-46(43)44)52-47-18-8-6-16-41(47)42-17-7-9-19-48(42)52/h6-30H,1-5H3/i6D,7D,8D,9D,16D,17D,18D,19D. The summed E-state index contributed by atoms with van der Waals surface area (Å²) in [5.41, 5.74) is 12.3. The van der Waals surface area contributed by atoms with Crippen molar-refractivity contribution < 1.29 is 11.0 Å². The number of hydrogen-bond acceptors (Lipinski definition) is 1. The van der Waals surface area contributed by atoms with Crippen molar-refractivity contribution >= 4 is 60.4 Å². The van der Waals surface area contributed by atoms with Gasteiger partial charge in [-0.25, -0.2) is 0 Å². The highest BCUT2D eigenvalue weighted by molar-refractivity contribution is 6.13. The lowest BCUT2D eigenvalue weighted by atomic mass is 9.78. The summed E-state index contributed by atoms with van der Waals surface area (Å²) in [7, 11) is 0. The van der Waals surface area contributed by atoms with E-state index < -0.39 is 24.2 Å². The fraction of sp³-hybridized carbons (Fsp3) is 0.120. The highest BCUT2D eigenvalue weighted by atomic mass is 15.1. The quantitative estimate of drug-likeness (QED) is 0.180. The molecular formula is C50H40N2. The van der Waals surface area contributed by atoms with Crippen LogP contribution in [0.15, 0.2) is 151 Å². The van der Waals surface area contributed by atoms with Crippen molar-refractivity contribution in [2.24, 2.45) is 0 Å². The van der Waals surface area contributed by atoms with E-state index in [9.17, 15) is 0 Å². The Labute approximate surface area is 316 Å². The van der Waals surface area contributed by atoms with E-state index >= 15 is 0 Å². The Balaban J connectivity index is 1.11. The molecule has 0 N–H and O–H groups in total. The van der Waals surface area contributed by atoms with Crippen LogP contribution in [-0.2, 0) is 5.41 Å². The zero-order valence-electron chi connectivity index (χ0n) is 37.7. The summed E-state index contributed by atoms with van der Waals surface area (Å²) in [5.74, 6) is 0. The smallest absolute Gasteiger partial charge is 0.0645 e. The van der Waals surface area contributed by atoms with Crippen LogP contribution in [0.3, 0.4) is 0 Å². The predicted octanol–water partition coefficient (Wildman–Crippen LogP) is 14.1. The number of aryl methyl sites for hydroxylation is 2. The molecule has 250 valence electrons. The van der Waals surface area contributed by atoms with Gasteiger partial charge in [0.05, 0.1) is 27.7 Å². The fourth-order valence-corrected chi connectivity index (χ4v) is 8.03.